The van der Waals surface area contributed by atoms with Crippen LogP contribution in [0.25, 0.3) is 0 Å². The molecule has 0 saturated heterocycles. The molecule has 7 nitrogen and oxygen atoms in total. The monoisotopic (exact) mass is 887 g/mol. The largest absolute Gasteiger partial charge is 0.463 e. The van der Waals surface area contributed by atoms with Gasteiger partial charge in [-0.1, -0.05) is 0 Å². The van der Waals surface area contributed by atoms with E-state index < -0.39 is 134 Å². The topological polar surface area (TPSA) is 124 Å². The van der Waals surface area contributed by atoms with Gasteiger partial charge in [-0.2, -0.15) is 114 Å². The maximum Gasteiger partial charge on any atom is 0.460 e. The fraction of sp³-hybridized carbons (Fsp3) is 0.909. The predicted molar refractivity (Wildman–Crippen MR) is 115 cm³/mol. The minimum absolute atomic E-state index is 2.64. The Kier molecular flexibility index (Phi) is 13.8. The van der Waals surface area contributed by atoms with E-state index in [1.165, 1.54) is 0 Å². The van der Waals surface area contributed by atoms with Crippen molar-refractivity contribution in [2.75, 3.05) is 6.61 Å². The molecular formula is C22H16F26O7. The minimum atomic E-state index is -8.46. The first-order valence-electron chi connectivity index (χ1n) is 13.4. The van der Waals surface area contributed by atoms with Gasteiger partial charge in [0.1, 0.15) is 18.3 Å². The van der Waals surface area contributed by atoms with Gasteiger partial charge in [0.05, 0.1) is 13.0 Å². The molecule has 0 aliphatic carbocycles. The molecule has 0 heterocycles. The molecule has 0 rings (SSSR count). The smallest absolute Gasteiger partial charge is 0.460 e. The van der Waals surface area contributed by atoms with Crippen molar-refractivity contribution in [1.82, 2.24) is 0 Å². The molecule has 0 saturated carbocycles. The van der Waals surface area contributed by atoms with Crippen LogP contribution in [-0.2, 0) is 14.3 Å². The normalized spacial score (nSPS) is 18.6. The van der Waals surface area contributed by atoms with E-state index >= 15 is 0 Å². The van der Waals surface area contributed by atoms with Crippen molar-refractivity contribution in [3.05, 3.63) is 0 Å². The first-order chi connectivity index (χ1) is 24.1. The molecule has 0 spiro atoms. The third-order valence-corrected chi connectivity index (χ3v) is 6.74. The number of hydrogen-bond donors (Lipinski definition) is 4. The first kappa shape index (κ1) is 50.2. The Hall–Kier alpha value is -2.84. The number of Topliss-reactive ketones (excluding diaryl/α,β-unsaturated/α-hetero) is 1. The minimum Gasteiger partial charge on any atom is -0.463 e. The van der Waals surface area contributed by atoms with Gasteiger partial charge in [-0.15, -0.1) is 0 Å². The standard InChI is InChI=1S/C22H16F26O7/c23-11(24,13(27,28)15(31,32)17(35,36)19(39,40)21(43,44)45)2-1-5(49)6(50)7(51)8(52)9(53)10(54)55-4-3-12(25,26)14(29,30)16(33,34)18(37,38)20(41,42)22(46,47)48/h6-9,50-53H,1-4H2/t6-,7+,8+,9-/m0/s1/i2D/t2?,6-,7+,8+,9-. The van der Waals surface area contributed by atoms with Crippen LogP contribution in [-0.4, -0.2) is 135 Å². The number of rotatable bonds is 19. The van der Waals surface area contributed by atoms with Crippen LogP contribution >= 0.6 is 0 Å². The van der Waals surface area contributed by atoms with Gasteiger partial charge in [-0.3, -0.25) is 4.79 Å². The summed E-state index contributed by atoms with van der Waals surface area (Å²) in [7, 11) is 0. The second-order valence-electron chi connectivity index (χ2n) is 10.6. The Bertz CT molecular complexity index is 1400. The highest BCUT2D eigenvalue weighted by Crippen LogP contribution is 2.62. The van der Waals surface area contributed by atoms with Gasteiger partial charge in [0.2, 0.25) is 0 Å². The van der Waals surface area contributed by atoms with Crippen LogP contribution in [0.2, 0.25) is 0 Å². The van der Waals surface area contributed by atoms with Gasteiger partial charge in [0.15, 0.2) is 11.9 Å². The van der Waals surface area contributed by atoms with Crippen molar-refractivity contribution in [3.63, 3.8) is 0 Å². The number of halogens is 26. The summed E-state index contributed by atoms with van der Waals surface area (Å²) in [6.45, 7) is -2.64. The SMILES string of the molecule is [2H]C(CC(=O)[C@H](O)[C@@H](O)[C@@H](O)[C@H](O)C(=O)OCCC(F)(F)C(F)(F)C(F)(F)C(F)(F)C(F)(F)C(F)(F)F)C(F)(F)C(F)(F)C(F)(F)C(F)(F)C(F)(F)C(F)(F)F. The number of hydrogen-bond acceptors (Lipinski definition) is 7. The van der Waals surface area contributed by atoms with Crippen LogP contribution in [0.15, 0.2) is 0 Å². The predicted octanol–water partition coefficient (Wildman–Crippen LogP) is 6.19. The average molecular weight is 887 g/mol. The molecule has 0 bridgehead atoms. The molecule has 0 radical (unpaired) electrons. The van der Waals surface area contributed by atoms with Crippen molar-refractivity contribution in [2.45, 2.75) is 115 Å². The average Bonchev–Trinajstić information content (AvgIpc) is 3.00. The van der Waals surface area contributed by atoms with E-state index in [1.54, 1.807) is 0 Å². The van der Waals surface area contributed by atoms with E-state index in [2.05, 4.69) is 4.74 Å². The molecule has 0 fully saturated rings. The van der Waals surface area contributed by atoms with Crippen LogP contribution < -0.4 is 0 Å². The number of carbonyl (C=O) groups is 2. The fourth-order valence-corrected chi connectivity index (χ4v) is 3.29. The van der Waals surface area contributed by atoms with Crippen LogP contribution in [0.4, 0.5) is 114 Å². The third kappa shape index (κ3) is 8.56. The van der Waals surface area contributed by atoms with E-state index in [0.717, 1.165) is 0 Å². The van der Waals surface area contributed by atoms with Crippen LogP contribution in [0, 0.1) is 0 Å². The number of carbonyl (C=O) groups excluding carboxylic acids is 2. The summed E-state index contributed by atoms with van der Waals surface area (Å²) in [6, 6.07) is 0. The Morgan fingerprint density at radius 2 is 0.745 bits per heavy atom. The van der Waals surface area contributed by atoms with Crippen LogP contribution in [0.3, 0.4) is 0 Å². The molecule has 0 aliphatic heterocycles. The van der Waals surface area contributed by atoms with Crippen LogP contribution in [0.1, 0.15) is 20.6 Å². The molecule has 5 atom stereocenters. The van der Waals surface area contributed by atoms with Gasteiger partial charge in [-0.05, 0) is 0 Å². The summed E-state index contributed by atoms with van der Waals surface area (Å²) < 4.78 is 352. The molecule has 0 aromatic rings. The molecule has 0 aromatic carbocycles. The van der Waals surface area contributed by atoms with Gasteiger partial charge in [-0.25, -0.2) is 4.79 Å². The summed E-state index contributed by atoms with van der Waals surface area (Å²) in [5.41, 5.74) is 0. The number of esters is 1. The number of alkyl halides is 26. The van der Waals surface area contributed by atoms with E-state index in [4.69, 9.17) is 1.37 Å². The van der Waals surface area contributed by atoms with Gasteiger partial charge >= 0.3 is 77.5 Å². The Morgan fingerprint density at radius 1 is 0.455 bits per heavy atom. The molecule has 328 valence electrons. The molecule has 0 aliphatic rings. The van der Waals surface area contributed by atoms with Crippen molar-refractivity contribution in [3.8, 4) is 0 Å². The highest BCUT2D eigenvalue weighted by Gasteiger charge is 2.92. The first-order valence-corrected chi connectivity index (χ1v) is 12.8. The van der Waals surface area contributed by atoms with Crippen molar-refractivity contribution in [2.24, 2.45) is 0 Å². The summed E-state index contributed by atoms with van der Waals surface area (Å²) in [5, 5.41) is 38.2. The van der Waals surface area contributed by atoms with E-state index in [0.29, 0.717) is 0 Å². The van der Waals surface area contributed by atoms with Crippen molar-refractivity contribution in [1.29, 1.82) is 0 Å². The number of aliphatic hydroxyl groups is 4. The molecule has 0 amide bonds. The maximum absolute atomic E-state index is 14.0. The van der Waals surface area contributed by atoms with Crippen molar-refractivity contribution >= 4 is 11.8 Å². The van der Waals surface area contributed by atoms with Gasteiger partial charge < -0.3 is 25.2 Å². The number of aliphatic hydroxyl groups excluding tert-OH is 4. The Labute approximate surface area is 285 Å². The highest BCUT2D eigenvalue weighted by molar-refractivity contribution is 5.84. The lowest BCUT2D eigenvalue weighted by Crippen LogP contribution is -2.70. The quantitative estimate of drug-likeness (QED) is 0.0902. The number of ether oxygens (including phenoxy) is 1. The van der Waals surface area contributed by atoms with Crippen LogP contribution in [0.5, 0.6) is 0 Å². The van der Waals surface area contributed by atoms with Gasteiger partial charge in [0.25, 0.3) is 0 Å². The Morgan fingerprint density at radius 3 is 1.07 bits per heavy atom. The van der Waals surface area contributed by atoms with E-state index in [-0.39, 0.29) is 0 Å². The molecule has 4 N–H and O–H groups in total. The van der Waals surface area contributed by atoms with Gasteiger partial charge in [0, 0.05) is 14.2 Å². The van der Waals surface area contributed by atoms with Crippen molar-refractivity contribution < 1.29 is 150 Å². The molecular weight excluding hydrogens is 870 g/mol. The number of ketones is 1. The molecule has 55 heavy (non-hydrogen) atoms. The second-order valence-corrected chi connectivity index (χ2v) is 10.6. The third-order valence-electron chi connectivity index (χ3n) is 6.74. The zero-order valence-corrected chi connectivity index (χ0v) is 24.8. The summed E-state index contributed by atoms with van der Waals surface area (Å²) in [4.78, 5) is 23.5. The Balaban J connectivity index is 5.94. The highest BCUT2D eigenvalue weighted by atomic mass is 19.4. The molecule has 0 aromatic heterocycles. The lowest BCUT2D eigenvalue weighted by atomic mass is 9.90. The zero-order valence-electron chi connectivity index (χ0n) is 25.8. The summed E-state index contributed by atoms with van der Waals surface area (Å²) in [5.74, 6) is -85.9. The maximum atomic E-state index is 14.0. The molecule has 1 unspecified atom stereocenters. The summed E-state index contributed by atoms with van der Waals surface area (Å²) in [6.07, 6.45) is -41.5. The van der Waals surface area contributed by atoms with E-state index in [1.807, 2.05) is 0 Å². The second kappa shape index (κ2) is 15.2. The zero-order chi connectivity index (χ0) is 45.9. The summed E-state index contributed by atoms with van der Waals surface area (Å²) >= 11 is 0. The molecule has 33 heteroatoms. The fourth-order valence-electron chi connectivity index (χ4n) is 3.29. The lowest BCUT2D eigenvalue weighted by Gasteiger charge is -2.39. The van der Waals surface area contributed by atoms with E-state index in [9.17, 15) is 144 Å². The lowest BCUT2D eigenvalue weighted by molar-refractivity contribution is -0.440.